The topological polar surface area (TPSA) is 41.4 Å². The number of benzene rings is 1. The number of hydrogen-bond acceptors (Lipinski definition) is 3. The highest BCUT2D eigenvalue weighted by molar-refractivity contribution is 5.73. The molecular weight excluding hydrogens is 276 g/mol. The van der Waals surface area contributed by atoms with Crippen LogP contribution in [0, 0.1) is 0 Å². The highest BCUT2D eigenvalue weighted by Crippen LogP contribution is 2.26. The van der Waals surface area contributed by atoms with Crippen molar-refractivity contribution in [2.24, 2.45) is 7.05 Å². The summed E-state index contributed by atoms with van der Waals surface area (Å²) < 4.78 is 2.05. The molecule has 0 N–H and O–H groups in total. The molecule has 0 saturated carbocycles. The molecular formula is C17H22N4O. The first kappa shape index (κ1) is 14.8. The van der Waals surface area contributed by atoms with E-state index in [0.29, 0.717) is 0 Å². The van der Waals surface area contributed by atoms with Crippen molar-refractivity contribution >= 4 is 5.91 Å². The Kier molecular flexibility index (Phi) is 4.24. The number of aromatic nitrogens is 2. The zero-order chi connectivity index (χ0) is 15.5. The predicted molar refractivity (Wildman–Crippen MR) is 85.1 cm³/mol. The van der Waals surface area contributed by atoms with Crippen LogP contribution in [0.4, 0.5) is 0 Å². The van der Waals surface area contributed by atoms with Gasteiger partial charge in [-0.1, -0.05) is 30.3 Å². The number of aryl methyl sites for hydroxylation is 1. The Morgan fingerprint density at radius 2 is 2.05 bits per heavy atom. The lowest BCUT2D eigenvalue weighted by molar-refractivity contribution is -0.132. The molecule has 1 unspecified atom stereocenters. The second-order valence-electron chi connectivity index (χ2n) is 5.82. The first-order chi connectivity index (χ1) is 10.6. The molecule has 2 heterocycles. The van der Waals surface area contributed by atoms with Gasteiger partial charge in [-0.15, -0.1) is 0 Å². The standard InChI is InChI=1S/C17H22N4O/c1-14(22)20-10-11-21(13-17-18-8-9-19(17)2)16(12-20)15-6-4-3-5-7-15/h3-9,16H,10-13H2,1-2H3. The van der Waals surface area contributed by atoms with Gasteiger partial charge in [-0.05, 0) is 5.56 Å². The Morgan fingerprint density at radius 3 is 2.68 bits per heavy atom. The number of carbonyl (C=O) groups excluding carboxylic acids is 1. The highest BCUT2D eigenvalue weighted by Gasteiger charge is 2.29. The third-order valence-electron chi connectivity index (χ3n) is 4.39. The van der Waals surface area contributed by atoms with Gasteiger partial charge in [0, 0.05) is 46.0 Å². The lowest BCUT2D eigenvalue weighted by Crippen LogP contribution is -2.49. The Hall–Kier alpha value is -2.14. The van der Waals surface area contributed by atoms with Crippen LogP contribution >= 0.6 is 0 Å². The summed E-state index contributed by atoms with van der Waals surface area (Å²) in [5.41, 5.74) is 1.25. The number of rotatable bonds is 3. The van der Waals surface area contributed by atoms with Crippen molar-refractivity contribution in [2.75, 3.05) is 19.6 Å². The van der Waals surface area contributed by atoms with Gasteiger partial charge in [0.25, 0.3) is 0 Å². The Balaban J connectivity index is 1.84. The van der Waals surface area contributed by atoms with Crippen molar-refractivity contribution in [1.29, 1.82) is 0 Å². The fourth-order valence-corrected chi connectivity index (χ4v) is 3.02. The summed E-state index contributed by atoms with van der Waals surface area (Å²) in [5, 5.41) is 0. The van der Waals surface area contributed by atoms with Crippen molar-refractivity contribution in [3.05, 3.63) is 54.1 Å². The maximum Gasteiger partial charge on any atom is 0.219 e. The quantitative estimate of drug-likeness (QED) is 0.868. The number of piperazine rings is 1. The molecule has 1 aliphatic heterocycles. The largest absolute Gasteiger partial charge is 0.340 e. The summed E-state index contributed by atoms with van der Waals surface area (Å²) >= 11 is 0. The third-order valence-corrected chi connectivity index (χ3v) is 4.39. The fourth-order valence-electron chi connectivity index (χ4n) is 3.02. The molecule has 5 nitrogen and oxygen atoms in total. The minimum Gasteiger partial charge on any atom is -0.340 e. The predicted octanol–water partition coefficient (Wildman–Crippen LogP) is 1.83. The fraction of sp³-hybridized carbons (Fsp3) is 0.412. The van der Waals surface area contributed by atoms with Crippen LogP contribution in [0.3, 0.4) is 0 Å². The molecule has 1 atom stereocenters. The van der Waals surface area contributed by atoms with Crippen LogP contribution in [0.1, 0.15) is 24.4 Å². The van der Waals surface area contributed by atoms with Crippen LogP contribution in [-0.4, -0.2) is 44.9 Å². The maximum absolute atomic E-state index is 11.7. The van der Waals surface area contributed by atoms with Gasteiger partial charge in [-0.25, -0.2) is 4.98 Å². The van der Waals surface area contributed by atoms with Gasteiger partial charge in [0.1, 0.15) is 5.82 Å². The Morgan fingerprint density at radius 1 is 1.27 bits per heavy atom. The van der Waals surface area contributed by atoms with E-state index in [0.717, 1.165) is 32.0 Å². The molecule has 1 aromatic carbocycles. The van der Waals surface area contributed by atoms with E-state index in [-0.39, 0.29) is 11.9 Å². The van der Waals surface area contributed by atoms with E-state index in [9.17, 15) is 4.79 Å². The molecule has 1 aromatic heterocycles. The van der Waals surface area contributed by atoms with Crippen LogP contribution in [0.25, 0.3) is 0 Å². The van der Waals surface area contributed by atoms with E-state index >= 15 is 0 Å². The second-order valence-corrected chi connectivity index (χ2v) is 5.82. The number of amides is 1. The minimum absolute atomic E-state index is 0.151. The normalized spacial score (nSPS) is 19.4. The molecule has 1 aliphatic rings. The van der Waals surface area contributed by atoms with Gasteiger partial charge in [0.2, 0.25) is 5.91 Å². The van der Waals surface area contributed by atoms with Gasteiger partial charge in [0.05, 0.1) is 12.6 Å². The average Bonchev–Trinajstić information content (AvgIpc) is 2.93. The first-order valence-corrected chi connectivity index (χ1v) is 7.66. The van der Waals surface area contributed by atoms with E-state index in [1.54, 1.807) is 6.92 Å². The summed E-state index contributed by atoms with van der Waals surface area (Å²) in [4.78, 5) is 20.5. The van der Waals surface area contributed by atoms with Crippen LogP contribution in [0.15, 0.2) is 42.7 Å². The summed E-state index contributed by atoms with van der Waals surface area (Å²) in [6.07, 6.45) is 3.80. The van der Waals surface area contributed by atoms with Gasteiger partial charge in [-0.2, -0.15) is 0 Å². The smallest absolute Gasteiger partial charge is 0.219 e. The molecule has 5 heteroatoms. The maximum atomic E-state index is 11.7. The first-order valence-electron chi connectivity index (χ1n) is 7.66. The van der Waals surface area contributed by atoms with E-state index in [2.05, 4.69) is 38.7 Å². The Bertz CT molecular complexity index is 637. The Labute approximate surface area is 131 Å². The summed E-state index contributed by atoms with van der Waals surface area (Å²) in [6.45, 7) is 4.84. The molecule has 0 aliphatic carbocycles. The molecule has 0 radical (unpaired) electrons. The van der Waals surface area contributed by atoms with Gasteiger partial charge < -0.3 is 9.47 Å². The molecule has 2 aromatic rings. The average molecular weight is 298 g/mol. The molecule has 1 saturated heterocycles. The van der Waals surface area contributed by atoms with E-state index in [1.807, 2.05) is 30.4 Å². The van der Waals surface area contributed by atoms with Gasteiger partial charge in [-0.3, -0.25) is 9.69 Å². The molecule has 1 amide bonds. The number of nitrogens with zero attached hydrogens (tertiary/aromatic N) is 4. The van der Waals surface area contributed by atoms with Crippen molar-refractivity contribution < 1.29 is 4.79 Å². The molecule has 1 fully saturated rings. The SMILES string of the molecule is CC(=O)N1CCN(Cc2nccn2C)C(c2ccccc2)C1. The third kappa shape index (κ3) is 3.04. The number of hydrogen-bond donors (Lipinski definition) is 0. The van der Waals surface area contributed by atoms with Gasteiger partial charge >= 0.3 is 0 Å². The molecule has 0 spiro atoms. The molecule has 22 heavy (non-hydrogen) atoms. The van der Waals surface area contributed by atoms with Crippen molar-refractivity contribution in [2.45, 2.75) is 19.5 Å². The minimum atomic E-state index is 0.151. The van der Waals surface area contributed by atoms with Crippen LogP contribution in [0.2, 0.25) is 0 Å². The van der Waals surface area contributed by atoms with Crippen molar-refractivity contribution in [1.82, 2.24) is 19.4 Å². The van der Waals surface area contributed by atoms with Crippen molar-refractivity contribution in [3.8, 4) is 0 Å². The lowest BCUT2D eigenvalue weighted by atomic mass is 10.0. The van der Waals surface area contributed by atoms with E-state index in [1.165, 1.54) is 5.56 Å². The van der Waals surface area contributed by atoms with Crippen LogP contribution < -0.4 is 0 Å². The molecule has 3 rings (SSSR count). The summed E-state index contributed by atoms with van der Waals surface area (Å²) in [6, 6.07) is 10.6. The number of imidazole rings is 1. The molecule has 116 valence electrons. The highest BCUT2D eigenvalue weighted by atomic mass is 16.2. The van der Waals surface area contributed by atoms with E-state index in [4.69, 9.17) is 0 Å². The monoisotopic (exact) mass is 298 g/mol. The summed E-state index contributed by atoms with van der Waals surface area (Å²) in [7, 11) is 2.02. The lowest BCUT2D eigenvalue weighted by Gasteiger charge is -2.41. The molecule has 0 bridgehead atoms. The van der Waals surface area contributed by atoms with Crippen LogP contribution in [-0.2, 0) is 18.4 Å². The van der Waals surface area contributed by atoms with Crippen molar-refractivity contribution in [3.63, 3.8) is 0 Å². The van der Waals surface area contributed by atoms with Crippen LogP contribution in [0.5, 0.6) is 0 Å². The summed E-state index contributed by atoms with van der Waals surface area (Å²) in [5.74, 6) is 1.20. The van der Waals surface area contributed by atoms with E-state index < -0.39 is 0 Å². The number of carbonyl (C=O) groups is 1. The zero-order valence-corrected chi connectivity index (χ0v) is 13.1. The second kappa shape index (κ2) is 6.32. The van der Waals surface area contributed by atoms with Gasteiger partial charge in [0.15, 0.2) is 0 Å². The zero-order valence-electron chi connectivity index (χ0n) is 13.1.